The van der Waals surface area contributed by atoms with Crippen LogP contribution in [0.1, 0.15) is 45.0 Å². The van der Waals surface area contributed by atoms with E-state index in [9.17, 15) is 9.18 Å². The number of fused-ring (bicyclic) bond motifs is 1. The molecule has 7 nitrogen and oxygen atoms in total. The molecule has 1 aliphatic rings. The van der Waals surface area contributed by atoms with Crippen LogP contribution in [0.4, 0.5) is 10.2 Å². The summed E-state index contributed by atoms with van der Waals surface area (Å²) in [6, 6.07) is 22.4. The lowest BCUT2D eigenvalue weighted by atomic mass is 10.1. The third-order valence-corrected chi connectivity index (χ3v) is 7.74. The van der Waals surface area contributed by atoms with Crippen molar-refractivity contribution in [1.82, 2.24) is 24.6 Å². The van der Waals surface area contributed by atoms with Gasteiger partial charge in [0.15, 0.2) is 5.65 Å². The Bertz CT molecular complexity index is 1710. The molecule has 0 spiro atoms. The van der Waals surface area contributed by atoms with Crippen LogP contribution in [0.3, 0.4) is 0 Å². The molecule has 41 heavy (non-hydrogen) atoms. The average molecular weight is 549 g/mol. The van der Waals surface area contributed by atoms with E-state index in [4.69, 9.17) is 15.1 Å². The second-order valence-electron chi connectivity index (χ2n) is 10.7. The third-order valence-electron chi connectivity index (χ3n) is 7.74. The number of aromatic nitrogens is 4. The minimum absolute atomic E-state index is 0.0677. The first-order valence-electron chi connectivity index (χ1n) is 14.0. The second-order valence-corrected chi connectivity index (χ2v) is 10.7. The predicted molar refractivity (Wildman–Crippen MR) is 159 cm³/mol. The minimum Gasteiger partial charge on any atom is -0.354 e. The Labute approximate surface area is 239 Å². The highest BCUT2D eigenvalue weighted by Gasteiger charge is 2.26. The normalized spacial score (nSPS) is 14.0. The van der Waals surface area contributed by atoms with Crippen LogP contribution in [0.25, 0.3) is 16.7 Å². The molecule has 0 N–H and O–H groups in total. The van der Waals surface area contributed by atoms with Crippen molar-refractivity contribution >= 4 is 22.8 Å². The van der Waals surface area contributed by atoms with E-state index in [1.165, 1.54) is 17.7 Å². The van der Waals surface area contributed by atoms with Crippen molar-refractivity contribution in [2.45, 2.75) is 33.6 Å². The molecule has 0 radical (unpaired) electrons. The monoisotopic (exact) mass is 548 g/mol. The number of benzene rings is 3. The summed E-state index contributed by atoms with van der Waals surface area (Å²) in [6.07, 6.45) is 1.39. The van der Waals surface area contributed by atoms with E-state index < -0.39 is 0 Å². The zero-order valence-electron chi connectivity index (χ0n) is 23.6. The molecule has 6 rings (SSSR count). The highest BCUT2D eigenvalue weighted by Crippen LogP contribution is 2.30. The first kappa shape index (κ1) is 26.6. The van der Waals surface area contributed by atoms with Crippen molar-refractivity contribution < 1.29 is 9.18 Å². The first-order chi connectivity index (χ1) is 19.9. The fraction of sp³-hybridized carbons (Fsp3) is 0.273. The van der Waals surface area contributed by atoms with Crippen molar-refractivity contribution in [1.29, 1.82) is 0 Å². The SMILES string of the molecule is Cc1ccc(Cc2nc(N3CCCN(C(=O)c4ccccc4C)CC3)c3c(C)nn(-c4ccc(F)cc4)c3n2)cc1. The standard InChI is InChI=1S/C33H33FN6O/c1-22-9-11-25(12-10-22)21-29-35-31(30-24(3)37-40(32(30)36-29)27-15-13-26(34)14-16-27)38-17-6-18-39(20-19-38)33(41)28-8-5-4-7-23(28)2/h4-5,7-16H,6,17-21H2,1-3H3. The van der Waals surface area contributed by atoms with Crippen LogP contribution in [-0.2, 0) is 6.42 Å². The number of anilines is 1. The molecular formula is C33H33FN6O. The van der Waals surface area contributed by atoms with Gasteiger partial charge >= 0.3 is 0 Å². The molecule has 1 aliphatic heterocycles. The Morgan fingerprint density at radius 3 is 2.37 bits per heavy atom. The van der Waals surface area contributed by atoms with Crippen molar-refractivity contribution in [2.75, 3.05) is 31.1 Å². The van der Waals surface area contributed by atoms with Gasteiger partial charge in [-0.1, -0.05) is 48.0 Å². The lowest BCUT2D eigenvalue weighted by Crippen LogP contribution is -2.35. The van der Waals surface area contributed by atoms with Crippen LogP contribution < -0.4 is 4.90 Å². The summed E-state index contributed by atoms with van der Waals surface area (Å²) < 4.78 is 15.5. The molecule has 1 saturated heterocycles. The van der Waals surface area contributed by atoms with E-state index in [1.54, 1.807) is 16.8 Å². The summed E-state index contributed by atoms with van der Waals surface area (Å²) in [5.74, 6) is 1.29. The van der Waals surface area contributed by atoms with Crippen molar-refractivity contribution in [3.05, 3.63) is 112 Å². The van der Waals surface area contributed by atoms with Crippen molar-refractivity contribution in [3.8, 4) is 5.69 Å². The van der Waals surface area contributed by atoms with Crippen LogP contribution in [0, 0.1) is 26.6 Å². The lowest BCUT2D eigenvalue weighted by molar-refractivity contribution is 0.0766. The number of carbonyl (C=O) groups excluding carboxylic acids is 1. The van der Waals surface area contributed by atoms with E-state index in [-0.39, 0.29) is 11.7 Å². The molecule has 5 aromatic rings. The van der Waals surface area contributed by atoms with E-state index in [2.05, 4.69) is 36.1 Å². The van der Waals surface area contributed by atoms with Gasteiger partial charge in [-0.05, 0) is 68.7 Å². The molecular weight excluding hydrogens is 515 g/mol. The van der Waals surface area contributed by atoms with Gasteiger partial charge in [-0.15, -0.1) is 0 Å². The van der Waals surface area contributed by atoms with Gasteiger partial charge < -0.3 is 9.80 Å². The van der Waals surface area contributed by atoms with Gasteiger partial charge in [-0.3, -0.25) is 4.79 Å². The molecule has 2 aromatic heterocycles. The Hall–Kier alpha value is -4.59. The number of hydrogen-bond donors (Lipinski definition) is 0. The highest BCUT2D eigenvalue weighted by molar-refractivity contribution is 5.96. The number of amides is 1. The van der Waals surface area contributed by atoms with Crippen molar-refractivity contribution in [3.63, 3.8) is 0 Å². The van der Waals surface area contributed by atoms with E-state index in [1.807, 2.05) is 43.0 Å². The van der Waals surface area contributed by atoms with Crippen molar-refractivity contribution in [2.24, 2.45) is 0 Å². The van der Waals surface area contributed by atoms with E-state index >= 15 is 0 Å². The molecule has 0 unspecified atom stereocenters. The Kier molecular flexibility index (Phi) is 7.22. The summed E-state index contributed by atoms with van der Waals surface area (Å²) >= 11 is 0. The molecule has 208 valence electrons. The largest absolute Gasteiger partial charge is 0.354 e. The van der Waals surface area contributed by atoms with E-state index in [0.717, 1.165) is 52.2 Å². The molecule has 0 bridgehead atoms. The summed E-state index contributed by atoms with van der Waals surface area (Å²) in [4.78, 5) is 27.7. The van der Waals surface area contributed by atoms with Crippen LogP contribution in [0.15, 0.2) is 72.8 Å². The summed E-state index contributed by atoms with van der Waals surface area (Å²) in [7, 11) is 0. The van der Waals surface area contributed by atoms with E-state index in [0.29, 0.717) is 37.5 Å². The molecule has 8 heteroatoms. The Morgan fingerprint density at radius 1 is 0.854 bits per heavy atom. The Balaban J connectivity index is 1.39. The van der Waals surface area contributed by atoms with Crippen LogP contribution in [0.5, 0.6) is 0 Å². The number of rotatable bonds is 5. The molecule has 0 atom stereocenters. The fourth-order valence-electron chi connectivity index (χ4n) is 5.48. The van der Waals surface area contributed by atoms with Gasteiger partial charge in [-0.2, -0.15) is 5.10 Å². The topological polar surface area (TPSA) is 67.2 Å². The highest BCUT2D eigenvalue weighted by atomic mass is 19.1. The quantitative estimate of drug-likeness (QED) is 0.277. The molecule has 1 fully saturated rings. The minimum atomic E-state index is -0.299. The number of hydrogen-bond acceptors (Lipinski definition) is 5. The zero-order chi connectivity index (χ0) is 28.5. The van der Waals surface area contributed by atoms with Crippen LogP contribution in [-0.4, -0.2) is 56.7 Å². The summed E-state index contributed by atoms with van der Waals surface area (Å²) in [5.41, 5.74) is 6.29. The maximum atomic E-state index is 13.7. The average Bonchev–Trinajstić information content (AvgIpc) is 3.13. The lowest BCUT2D eigenvalue weighted by Gasteiger charge is -2.24. The van der Waals surface area contributed by atoms with Gasteiger partial charge in [0.1, 0.15) is 17.5 Å². The molecule has 0 aliphatic carbocycles. The zero-order valence-corrected chi connectivity index (χ0v) is 23.6. The van der Waals surface area contributed by atoms with Crippen LogP contribution in [0.2, 0.25) is 0 Å². The van der Waals surface area contributed by atoms with Gasteiger partial charge in [0.05, 0.1) is 16.8 Å². The predicted octanol–water partition coefficient (Wildman–Crippen LogP) is 5.82. The number of aryl methyl sites for hydroxylation is 3. The molecule has 1 amide bonds. The molecule has 0 saturated carbocycles. The van der Waals surface area contributed by atoms with Gasteiger partial charge in [0.2, 0.25) is 0 Å². The fourth-order valence-corrected chi connectivity index (χ4v) is 5.48. The summed E-state index contributed by atoms with van der Waals surface area (Å²) in [5, 5.41) is 5.70. The number of nitrogens with zero attached hydrogens (tertiary/aromatic N) is 6. The summed E-state index contributed by atoms with van der Waals surface area (Å²) in [6.45, 7) is 8.69. The number of halogens is 1. The number of carbonyl (C=O) groups is 1. The maximum Gasteiger partial charge on any atom is 0.254 e. The Morgan fingerprint density at radius 2 is 1.61 bits per heavy atom. The third kappa shape index (κ3) is 5.42. The second kappa shape index (κ2) is 11.1. The first-order valence-corrected chi connectivity index (χ1v) is 14.0. The van der Waals surface area contributed by atoms with Gasteiger partial charge in [-0.25, -0.2) is 19.0 Å². The maximum absolute atomic E-state index is 13.7. The molecule has 3 aromatic carbocycles. The smallest absolute Gasteiger partial charge is 0.254 e. The van der Waals surface area contributed by atoms with Gasteiger partial charge in [0, 0.05) is 38.2 Å². The van der Waals surface area contributed by atoms with Gasteiger partial charge in [0.25, 0.3) is 5.91 Å². The molecule has 3 heterocycles. The van der Waals surface area contributed by atoms with Crippen LogP contribution >= 0.6 is 0 Å².